The van der Waals surface area contributed by atoms with Gasteiger partial charge in [0.15, 0.2) is 0 Å². The summed E-state index contributed by atoms with van der Waals surface area (Å²) in [5, 5.41) is 0.804. The molecule has 0 saturated heterocycles. The first-order chi connectivity index (χ1) is 5.79. The van der Waals surface area contributed by atoms with Crippen molar-refractivity contribution < 1.29 is 4.79 Å². The Bertz CT molecular complexity index is 143. The second-order valence-corrected chi connectivity index (χ2v) is 4.76. The molecule has 0 aromatic heterocycles. The summed E-state index contributed by atoms with van der Waals surface area (Å²) in [5.41, 5.74) is 5.06. The normalized spacial score (nSPS) is 19.3. The Morgan fingerprint density at radius 2 is 2.00 bits per heavy atom. The van der Waals surface area contributed by atoms with Crippen LogP contribution in [0, 0.1) is 0 Å². The van der Waals surface area contributed by atoms with Crippen molar-refractivity contribution in [2.24, 2.45) is 5.73 Å². The quantitative estimate of drug-likeness (QED) is 0.730. The summed E-state index contributed by atoms with van der Waals surface area (Å²) < 4.78 is 0. The fraction of sp³-hybridized carbons (Fsp3) is 0.889. The summed E-state index contributed by atoms with van der Waals surface area (Å²) >= 11 is 1.92. The average Bonchev–Trinajstić information content (AvgIpc) is 2.05. The molecule has 2 N–H and O–H groups in total. The molecule has 2 nitrogen and oxygen atoms in total. The van der Waals surface area contributed by atoms with E-state index >= 15 is 0 Å². The van der Waals surface area contributed by atoms with Crippen LogP contribution in [-0.2, 0) is 4.79 Å². The number of rotatable bonds is 4. The fourth-order valence-corrected chi connectivity index (χ4v) is 2.88. The molecule has 0 aromatic carbocycles. The van der Waals surface area contributed by atoms with Crippen molar-refractivity contribution in [3.63, 3.8) is 0 Å². The molecular weight excluding hydrogens is 170 g/mol. The molecule has 1 aliphatic rings. The first kappa shape index (κ1) is 9.90. The summed E-state index contributed by atoms with van der Waals surface area (Å²) in [5.74, 6) is 0.748. The second-order valence-electron chi connectivity index (χ2n) is 3.35. The molecule has 3 heteroatoms. The van der Waals surface area contributed by atoms with Crippen molar-refractivity contribution in [2.45, 2.75) is 43.8 Å². The molecule has 0 bridgehead atoms. The maximum absolute atomic E-state index is 10.4. The first-order valence-corrected chi connectivity index (χ1v) is 5.74. The zero-order valence-corrected chi connectivity index (χ0v) is 8.24. The van der Waals surface area contributed by atoms with Gasteiger partial charge in [0.1, 0.15) is 0 Å². The minimum Gasteiger partial charge on any atom is -0.370 e. The van der Waals surface area contributed by atoms with Crippen molar-refractivity contribution in [1.82, 2.24) is 0 Å². The lowest BCUT2D eigenvalue weighted by molar-refractivity contribution is -0.117. The zero-order valence-electron chi connectivity index (χ0n) is 7.42. The second kappa shape index (κ2) is 5.46. The van der Waals surface area contributed by atoms with Crippen molar-refractivity contribution in [1.29, 1.82) is 0 Å². The van der Waals surface area contributed by atoms with E-state index < -0.39 is 0 Å². The molecule has 0 atom stereocenters. The number of hydrogen-bond acceptors (Lipinski definition) is 2. The Balaban J connectivity index is 2.01. The summed E-state index contributed by atoms with van der Waals surface area (Å²) in [7, 11) is 0. The summed E-state index contributed by atoms with van der Waals surface area (Å²) in [6.45, 7) is 0. The molecule has 1 aliphatic carbocycles. The zero-order chi connectivity index (χ0) is 8.81. The predicted molar refractivity (Wildman–Crippen MR) is 53.1 cm³/mol. The lowest BCUT2D eigenvalue weighted by Crippen LogP contribution is -2.14. The van der Waals surface area contributed by atoms with Crippen molar-refractivity contribution >= 4 is 17.7 Å². The van der Waals surface area contributed by atoms with Gasteiger partial charge in [-0.1, -0.05) is 19.3 Å². The molecule has 12 heavy (non-hydrogen) atoms. The molecule has 1 fully saturated rings. The molecule has 0 aromatic rings. The third-order valence-corrected chi connectivity index (χ3v) is 3.64. The van der Waals surface area contributed by atoms with Crippen LogP contribution in [0.25, 0.3) is 0 Å². The van der Waals surface area contributed by atoms with Crippen molar-refractivity contribution in [3.8, 4) is 0 Å². The average molecular weight is 187 g/mol. The number of hydrogen-bond donors (Lipinski definition) is 1. The topological polar surface area (TPSA) is 43.1 Å². The van der Waals surface area contributed by atoms with Gasteiger partial charge in [-0.05, 0) is 12.8 Å². The highest BCUT2D eigenvalue weighted by molar-refractivity contribution is 7.99. The van der Waals surface area contributed by atoms with E-state index in [9.17, 15) is 4.79 Å². The molecule has 1 saturated carbocycles. The van der Waals surface area contributed by atoms with Crippen LogP contribution < -0.4 is 5.73 Å². The van der Waals surface area contributed by atoms with Gasteiger partial charge in [-0.3, -0.25) is 4.79 Å². The van der Waals surface area contributed by atoms with Crippen LogP contribution in [-0.4, -0.2) is 16.9 Å². The van der Waals surface area contributed by atoms with Gasteiger partial charge < -0.3 is 5.73 Å². The van der Waals surface area contributed by atoms with E-state index in [0.717, 1.165) is 11.0 Å². The Morgan fingerprint density at radius 3 is 2.58 bits per heavy atom. The van der Waals surface area contributed by atoms with Crippen molar-refractivity contribution in [3.05, 3.63) is 0 Å². The van der Waals surface area contributed by atoms with Crippen LogP contribution in [0.1, 0.15) is 38.5 Å². The van der Waals surface area contributed by atoms with E-state index in [2.05, 4.69) is 0 Å². The van der Waals surface area contributed by atoms with Crippen molar-refractivity contribution in [2.75, 3.05) is 5.75 Å². The summed E-state index contributed by atoms with van der Waals surface area (Å²) in [4.78, 5) is 10.4. The van der Waals surface area contributed by atoms with E-state index in [1.165, 1.54) is 32.1 Å². The Labute approximate surface area is 78.3 Å². The minimum atomic E-state index is -0.168. The van der Waals surface area contributed by atoms with Gasteiger partial charge in [0.2, 0.25) is 5.91 Å². The Morgan fingerprint density at radius 1 is 1.33 bits per heavy atom. The van der Waals surface area contributed by atoms with E-state index in [1.54, 1.807) is 0 Å². The largest absolute Gasteiger partial charge is 0.370 e. The van der Waals surface area contributed by atoms with Gasteiger partial charge in [-0.2, -0.15) is 11.8 Å². The molecule has 0 aliphatic heterocycles. The van der Waals surface area contributed by atoms with Gasteiger partial charge in [-0.15, -0.1) is 0 Å². The highest BCUT2D eigenvalue weighted by Crippen LogP contribution is 2.28. The van der Waals surface area contributed by atoms with Crippen LogP contribution in [0.3, 0.4) is 0 Å². The first-order valence-electron chi connectivity index (χ1n) is 4.69. The summed E-state index contributed by atoms with van der Waals surface area (Å²) in [6.07, 6.45) is 7.35. The number of nitrogens with two attached hydrogens (primary N) is 1. The van der Waals surface area contributed by atoms with E-state index in [1.807, 2.05) is 11.8 Å². The third kappa shape index (κ3) is 4.00. The Kier molecular flexibility index (Phi) is 4.51. The van der Waals surface area contributed by atoms with Gasteiger partial charge >= 0.3 is 0 Å². The number of amides is 1. The van der Waals surface area contributed by atoms with Gasteiger partial charge in [0.25, 0.3) is 0 Å². The molecule has 0 unspecified atom stereocenters. The molecule has 0 radical (unpaired) electrons. The fourth-order valence-electron chi connectivity index (χ4n) is 1.56. The Hall–Kier alpha value is -0.180. The molecule has 1 rings (SSSR count). The smallest absolute Gasteiger partial charge is 0.218 e. The maximum Gasteiger partial charge on any atom is 0.218 e. The number of carbonyl (C=O) groups excluding carboxylic acids is 1. The SMILES string of the molecule is NC(=O)CCSC1CCCCC1. The lowest BCUT2D eigenvalue weighted by atomic mass is 10.0. The van der Waals surface area contributed by atoms with Crippen LogP contribution in [0.4, 0.5) is 0 Å². The van der Waals surface area contributed by atoms with Gasteiger partial charge in [-0.25, -0.2) is 0 Å². The third-order valence-electron chi connectivity index (χ3n) is 2.25. The highest BCUT2D eigenvalue weighted by Gasteiger charge is 2.13. The molecule has 0 heterocycles. The molecule has 1 amide bonds. The lowest BCUT2D eigenvalue weighted by Gasteiger charge is -2.20. The number of carbonyl (C=O) groups is 1. The monoisotopic (exact) mass is 187 g/mol. The minimum absolute atomic E-state index is 0.168. The summed E-state index contributed by atoms with van der Waals surface area (Å²) in [6, 6.07) is 0. The highest BCUT2D eigenvalue weighted by atomic mass is 32.2. The molecular formula is C9H17NOS. The van der Waals surface area contributed by atoms with E-state index in [4.69, 9.17) is 5.73 Å². The molecule has 70 valence electrons. The number of primary amides is 1. The maximum atomic E-state index is 10.4. The van der Waals surface area contributed by atoms with Gasteiger partial charge in [0.05, 0.1) is 0 Å². The molecule has 0 spiro atoms. The van der Waals surface area contributed by atoms with Crippen LogP contribution in [0.15, 0.2) is 0 Å². The van der Waals surface area contributed by atoms with Crippen LogP contribution in [0.5, 0.6) is 0 Å². The number of thioether (sulfide) groups is 1. The van der Waals surface area contributed by atoms with E-state index in [0.29, 0.717) is 6.42 Å². The predicted octanol–water partition coefficient (Wildman–Crippen LogP) is 1.93. The van der Waals surface area contributed by atoms with Gasteiger partial charge in [0, 0.05) is 17.4 Å². The van der Waals surface area contributed by atoms with E-state index in [-0.39, 0.29) is 5.91 Å². The van der Waals surface area contributed by atoms with Crippen LogP contribution in [0.2, 0.25) is 0 Å². The van der Waals surface area contributed by atoms with Crippen LogP contribution >= 0.6 is 11.8 Å². The standard InChI is InChI=1S/C9H17NOS/c10-9(11)6-7-12-8-4-2-1-3-5-8/h8H,1-7H2,(H2,10,11).